The fraction of sp³-hybridized carbons (Fsp3) is 0.786. The molecule has 1 N–H and O–H groups in total. The Morgan fingerprint density at radius 1 is 1.38 bits per heavy atom. The zero-order chi connectivity index (χ0) is 15.1. The number of nitro groups is 1. The lowest BCUT2D eigenvalue weighted by atomic mass is 10.1. The van der Waals surface area contributed by atoms with Crippen molar-refractivity contribution in [2.24, 2.45) is 7.05 Å². The molecular formula is C14H23N5O2. The molecule has 7 nitrogen and oxygen atoms in total. The van der Waals surface area contributed by atoms with Crippen LogP contribution in [0.1, 0.15) is 44.7 Å². The van der Waals surface area contributed by atoms with Crippen molar-refractivity contribution in [3.8, 4) is 0 Å². The molecule has 1 aromatic rings. The van der Waals surface area contributed by atoms with Crippen LogP contribution in [-0.4, -0.2) is 44.8 Å². The van der Waals surface area contributed by atoms with Gasteiger partial charge < -0.3 is 5.32 Å². The van der Waals surface area contributed by atoms with Gasteiger partial charge in [0.25, 0.3) is 0 Å². The standard InChI is InChI=1S/C14H23N5O2/c1-9(2)12-13(19(20)21)14(17(3)16-12)15-10-6-8-18-7-4-5-11(10)18/h9-11,15H,4-8H2,1-3H3. The SMILES string of the molecule is CC(C)c1nn(C)c(NC2CCN3CCCC23)c1[N+](=O)[O-]. The van der Waals surface area contributed by atoms with E-state index in [2.05, 4.69) is 15.3 Å². The second kappa shape index (κ2) is 5.29. The summed E-state index contributed by atoms with van der Waals surface area (Å²) in [6.45, 7) is 6.12. The van der Waals surface area contributed by atoms with Crippen molar-refractivity contribution in [2.45, 2.75) is 51.1 Å². The maximum Gasteiger partial charge on any atom is 0.334 e. The molecule has 2 aliphatic heterocycles. The Labute approximate surface area is 124 Å². The van der Waals surface area contributed by atoms with Gasteiger partial charge in [-0.3, -0.25) is 15.0 Å². The predicted molar refractivity (Wildman–Crippen MR) is 80.6 cm³/mol. The second-order valence-electron chi connectivity index (χ2n) is 6.40. The summed E-state index contributed by atoms with van der Waals surface area (Å²) in [5, 5.41) is 19.2. The van der Waals surface area contributed by atoms with E-state index in [1.54, 1.807) is 11.7 Å². The lowest BCUT2D eigenvalue weighted by Crippen LogP contribution is -2.34. The third-order valence-corrected chi connectivity index (χ3v) is 4.71. The number of fused-ring (bicyclic) bond motifs is 1. The zero-order valence-electron chi connectivity index (χ0n) is 12.9. The molecule has 0 spiro atoms. The molecule has 0 saturated carbocycles. The Morgan fingerprint density at radius 2 is 2.14 bits per heavy atom. The van der Waals surface area contributed by atoms with Crippen LogP contribution in [0.5, 0.6) is 0 Å². The minimum Gasteiger partial charge on any atom is -0.360 e. The lowest BCUT2D eigenvalue weighted by Gasteiger charge is -2.21. The van der Waals surface area contributed by atoms with Gasteiger partial charge in [-0.25, -0.2) is 4.68 Å². The third-order valence-electron chi connectivity index (χ3n) is 4.71. The van der Waals surface area contributed by atoms with Crippen LogP contribution >= 0.6 is 0 Å². The number of aryl methyl sites for hydroxylation is 1. The average molecular weight is 293 g/mol. The van der Waals surface area contributed by atoms with Crippen molar-refractivity contribution in [3.63, 3.8) is 0 Å². The van der Waals surface area contributed by atoms with Gasteiger partial charge in [-0.2, -0.15) is 5.10 Å². The highest BCUT2D eigenvalue weighted by Crippen LogP contribution is 2.36. The normalized spacial score (nSPS) is 25.5. The molecule has 3 heterocycles. The maximum absolute atomic E-state index is 11.5. The predicted octanol–water partition coefficient (Wildman–Crippen LogP) is 2.10. The van der Waals surface area contributed by atoms with E-state index in [4.69, 9.17) is 0 Å². The first-order chi connectivity index (χ1) is 9.99. The fourth-order valence-electron chi connectivity index (χ4n) is 3.69. The number of hydrogen-bond donors (Lipinski definition) is 1. The molecule has 0 bridgehead atoms. The maximum atomic E-state index is 11.5. The summed E-state index contributed by atoms with van der Waals surface area (Å²) in [4.78, 5) is 13.7. The highest BCUT2D eigenvalue weighted by atomic mass is 16.6. The zero-order valence-corrected chi connectivity index (χ0v) is 12.9. The van der Waals surface area contributed by atoms with Crippen LogP contribution in [0.25, 0.3) is 0 Å². The van der Waals surface area contributed by atoms with Gasteiger partial charge in [0.05, 0.1) is 4.92 Å². The van der Waals surface area contributed by atoms with Crippen molar-refractivity contribution < 1.29 is 4.92 Å². The highest BCUT2D eigenvalue weighted by molar-refractivity contribution is 5.61. The molecule has 0 aromatic carbocycles. The fourth-order valence-corrected chi connectivity index (χ4v) is 3.69. The minimum absolute atomic E-state index is 0.0405. The van der Waals surface area contributed by atoms with Gasteiger partial charge in [-0.15, -0.1) is 0 Å². The number of nitrogens with one attached hydrogen (secondary N) is 1. The second-order valence-corrected chi connectivity index (χ2v) is 6.40. The average Bonchev–Trinajstić information content (AvgIpc) is 3.06. The van der Waals surface area contributed by atoms with Gasteiger partial charge >= 0.3 is 5.69 Å². The van der Waals surface area contributed by atoms with Gasteiger partial charge in [0, 0.05) is 31.6 Å². The quantitative estimate of drug-likeness (QED) is 0.679. The Bertz CT molecular complexity index is 554. The molecular weight excluding hydrogens is 270 g/mol. The monoisotopic (exact) mass is 293 g/mol. The molecule has 7 heteroatoms. The molecule has 0 radical (unpaired) electrons. The summed E-state index contributed by atoms with van der Waals surface area (Å²) in [7, 11) is 1.78. The van der Waals surface area contributed by atoms with E-state index in [-0.39, 0.29) is 16.5 Å². The molecule has 2 fully saturated rings. The summed E-state index contributed by atoms with van der Waals surface area (Å²) < 4.78 is 1.63. The highest BCUT2D eigenvalue weighted by Gasteiger charge is 2.39. The van der Waals surface area contributed by atoms with Crippen LogP contribution in [0.15, 0.2) is 0 Å². The van der Waals surface area contributed by atoms with Crippen LogP contribution in [0.2, 0.25) is 0 Å². The summed E-state index contributed by atoms with van der Waals surface area (Å²) in [6, 6.07) is 0.809. The van der Waals surface area contributed by atoms with E-state index in [0.717, 1.165) is 19.5 Å². The van der Waals surface area contributed by atoms with Gasteiger partial charge in [0.15, 0.2) is 0 Å². The number of anilines is 1. The minimum atomic E-state index is -0.300. The first-order valence-electron chi connectivity index (χ1n) is 7.71. The molecule has 2 atom stereocenters. The van der Waals surface area contributed by atoms with Crippen LogP contribution in [0.3, 0.4) is 0 Å². The smallest absolute Gasteiger partial charge is 0.334 e. The molecule has 3 rings (SSSR count). The topological polar surface area (TPSA) is 76.2 Å². The number of aromatic nitrogens is 2. The molecule has 0 aliphatic carbocycles. The van der Waals surface area contributed by atoms with E-state index >= 15 is 0 Å². The van der Waals surface area contributed by atoms with Crippen LogP contribution in [0.4, 0.5) is 11.5 Å². The molecule has 116 valence electrons. The Balaban J connectivity index is 1.89. The van der Waals surface area contributed by atoms with Crippen LogP contribution < -0.4 is 5.32 Å². The Morgan fingerprint density at radius 3 is 2.81 bits per heavy atom. The summed E-state index contributed by atoms with van der Waals surface area (Å²) in [5.41, 5.74) is 0.704. The van der Waals surface area contributed by atoms with E-state index < -0.39 is 0 Å². The van der Waals surface area contributed by atoms with E-state index in [9.17, 15) is 10.1 Å². The van der Waals surface area contributed by atoms with Crippen molar-refractivity contribution >= 4 is 11.5 Å². The molecule has 2 saturated heterocycles. The van der Waals surface area contributed by atoms with Gasteiger partial charge in [0.1, 0.15) is 5.69 Å². The van der Waals surface area contributed by atoms with E-state index in [1.165, 1.54) is 12.8 Å². The van der Waals surface area contributed by atoms with Gasteiger partial charge in [-0.05, 0) is 25.8 Å². The lowest BCUT2D eigenvalue weighted by molar-refractivity contribution is -0.384. The first kappa shape index (κ1) is 14.3. The summed E-state index contributed by atoms with van der Waals surface area (Å²) in [5.74, 6) is 0.598. The van der Waals surface area contributed by atoms with Gasteiger partial charge in [0.2, 0.25) is 5.82 Å². The molecule has 1 aromatic heterocycles. The van der Waals surface area contributed by atoms with E-state index in [0.29, 0.717) is 23.6 Å². The van der Waals surface area contributed by atoms with Crippen molar-refractivity contribution in [1.29, 1.82) is 0 Å². The van der Waals surface area contributed by atoms with Crippen molar-refractivity contribution in [1.82, 2.24) is 14.7 Å². The summed E-state index contributed by atoms with van der Waals surface area (Å²) >= 11 is 0. The summed E-state index contributed by atoms with van der Waals surface area (Å²) in [6.07, 6.45) is 3.46. The molecule has 2 aliphatic rings. The third kappa shape index (κ3) is 2.39. The van der Waals surface area contributed by atoms with Crippen molar-refractivity contribution in [2.75, 3.05) is 18.4 Å². The van der Waals surface area contributed by atoms with Crippen molar-refractivity contribution in [3.05, 3.63) is 15.8 Å². The first-order valence-corrected chi connectivity index (χ1v) is 7.71. The van der Waals surface area contributed by atoms with Gasteiger partial charge in [-0.1, -0.05) is 13.8 Å². The molecule has 2 unspecified atom stereocenters. The molecule has 21 heavy (non-hydrogen) atoms. The Kier molecular flexibility index (Phi) is 3.61. The van der Waals surface area contributed by atoms with Crippen LogP contribution in [0, 0.1) is 10.1 Å². The number of rotatable bonds is 4. The number of hydrogen-bond acceptors (Lipinski definition) is 5. The van der Waals surface area contributed by atoms with E-state index in [1.807, 2.05) is 13.8 Å². The molecule has 0 amide bonds. The Hall–Kier alpha value is -1.63. The number of nitrogens with zero attached hydrogens (tertiary/aromatic N) is 4. The largest absolute Gasteiger partial charge is 0.360 e. The van der Waals surface area contributed by atoms with Crippen LogP contribution in [-0.2, 0) is 7.05 Å².